The smallest absolute Gasteiger partial charge is 0.326 e. The van der Waals surface area contributed by atoms with Crippen molar-refractivity contribution in [3.63, 3.8) is 0 Å². The number of nitrogens with zero attached hydrogens (tertiary/aromatic N) is 3. The van der Waals surface area contributed by atoms with E-state index in [4.69, 9.17) is 11.6 Å². The van der Waals surface area contributed by atoms with Gasteiger partial charge in [0.2, 0.25) is 0 Å². The van der Waals surface area contributed by atoms with Crippen molar-refractivity contribution >= 4 is 46.8 Å². The number of urea groups is 1. The summed E-state index contributed by atoms with van der Waals surface area (Å²) in [6.07, 6.45) is 4.84. The van der Waals surface area contributed by atoms with Gasteiger partial charge in [-0.15, -0.1) is 0 Å². The Morgan fingerprint density at radius 3 is 2.64 bits per heavy atom. The first-order valence-corrected chi connectivity index (χ1v) is 7.67. The molecule has 25 heavy (non-hydrogen) atoms. The lowest BCUT2D eigenvalue weighted by Crippen LogP contribution is -2.22. The van der Waals surface area contributed by atoms with E-state index < -0.39 is 11.9 Å². The normalized spacial score (nSPS) is 15.5. The average molecular weight is 355 g/mol. The number of halogens is 1. The van der Waals surface area contributed by atoms with Gasteiger partial charge < -0.3 is 10.6 Å². The van der Waals surface area contributed by atoms with Gasteiger partial charge in [0.1, 0.15) is 11.5 Å². The van der Waals surface area contributed by atoms with Gasteiger partial charge in [-0.25, -0.2) is 14.3 Å². The second kappa shape index (κ2) is 5.91. The highest BCUT2D eigenvalue weighted by Gasteiger charge is 2.23. The monoisotopic (exact) mass is 354 g/mol. The maximum Gasteiger partial charge on any atom is 0.326 e. The Labute approximate surface area is 146 Å². The molecule has 1 aliphatic rings. The predicted octanol–water partition coefficient (Wildman–Crippen LogP) is 2.31. The van der Waals surface area contributed by atoms with Crippen LogP contribution in [0.4, 0.5) is 16.3 Å². The number of hydrogen-bond acceptors (Lipinski definition) is 5. The lowest BCUT2D eigenvalue weighted by atomic mass is 10.2. The number of amides is 3. The Kier molecular flexibility index (Phi) is 3.58. The van der Waals surface area contributed by atoms with E-state index in [1.165, 1.54) is 6.08 Å². The zero-order valence-electron chi connectivity index (χ0n) is 12.7. The Hall–Kier alpha value is -3.39. The van der Waals surface area contributed by atoms with Gasteiger partial charge in [0.05, 0.1) is 6.20 Å². The fourth-order valence-electron chi connectivity index (χ4n) is 2.38. The number of hydrogen-bond donors (Lipinski definition) is 3. The first kappa shape index (κ1) is 15.2. The first-order valence-electron chi connectivity index (χ1n) is 7.29. The van der Waals surface area contributed by atoms with Crippen LogP contribution in [0.1, 0.15) is 5.56 Å². The molecule has 9 heteroatoms. The third-order valence-corrected chi connectivity index (χ3v) is 3.78. The van der Waals surface area contributed by atoms with Crippen molar-refractivity contribution in [2.75, 3.05) is 5.32 Å². The van der Waals surface area contributed by atoms with Crippen LogP contribution in [0.15, 0.2) is 48.4 Å². The summed E-state index contributed by atoms with van der Waals surface area (Å²) in [5.74, 6) is 0.120. The Balaban J connectivity index is 1.68. The minimum absolute atomic E-state index is 0.151. The molecular weight excluding hydrogens is 344 g/mol. The van der Waals surface area contributed by atoms with Crippen LogP contribution in [0, 0.1) is 0 Å². The highest BCUT2D eigenvalue weighted by molar-refractivity contribution is 6.30. The topological polar surface area (TPSA) is 100 Å². The molecule has 1 saturated heterocycles. The van der Waals surface area contributed by atoms with Crippen molar-refractivity contribution in [2.45, 2.75) is 0 Å². The standard InChI is InChI=1S/C16H11ClN6O2/c17-10-1-3-11(4-2-10)19-13-5-6-23-14(21-13)9(8-18-23)7-12-15(24)22-16(25)20-12/h1-8H,(H,19,21)(H2,20,22,24,25)/b12-7+. The summed E-state index contributed by atoms with van der Waals surface area (Å²) >= 11 is 5.88. The lowest BCUT2D eigenvalue weighted by molar-refractivity contribution is -0.115. The van der Waals surface area contributed by atoms with E-state index in [-0.39, 0.29) is 5.70 Å². The van der Waals surface area contributed by atoms with E-state index >= 15 is 0 Å². The van der Waals surface area contributed by atoms with Gasteiger partial charge in [-0.05, 0) is 36.4 Å². The number of aromatic nitrogens is 3. The molecule has 1 aliphatic heterocycles. The number of imide groups is 1. The minimum atomic E-state index is -0.550. The SMILES string of the molecule is O=C1NC(=O)/C(=C\c2cnn3ccc(Nc4ccc(Cl)cc4)nc23)N1. The fourth-order valence-corrected chi connectivity index (χ4v) is 2.50. The molecule has 2 aromatic heterocycles. The van der Waals surface area contributed by atoms with Crippen LogP contribution in [-0.2, 0) is 4.79 Å². The van der Waals surface area contributed by atoms with Gasteiger partial charge in [-0.2, -0.15) is 5.10 Å². The van der Waals surface area contributed by atoms with Crippen LogP contribution in [0.25, 0.3) is 11.7 Å². The van der Waals surface area contributed by atoms with Crippen molar-refractivity contribution in [1.82, 2.24) is 25.2 Å². The van der Waals surface area contributed by atoms with Crippen molar-refractivity contribution in [3.8, 4) is 0 Å². The van der Waals surface area contributed by atoms with Crippen molar-refractivity contribution < 1.29 is 9.59 Å². The van der Waals surface area contributed by atoms with E-state index in [1.807, 2.05) is 12.1 Å². The zero-order valence-corrected chi connectivity index (χ0v) is 13.4. The molecule has 0 aliphatic carbocycles. The molecule has 3 aromatic rings. The molecule has 0 atom stereocenters. The van der Waals surface area contributed by atoms with Gasteiger partial charge in [-0.3, -0.25) is 10.1 Å². The van der Waals surface area contributed by atoms with E-state index in [9.17, 15) is 9.59 Å². The number of fused-ring (bicyclic) bond motifs is 1. The minimum Gasteiger partial charge on any atom is -0.340 e. The van der Waals surface area contributed by atoms with Crippen molar-refractivity contribution in [2.24, 2.45) is 0 Å². The Bertz CT molecular complexity index is 1020. The second-order valence-corrected chi connectivity index (χ2v) is 5.72. The van der Waals surface area contributed by atoms with E-state index in [0.717, 1.165) is 5.69 Å². The van der Waals surface area contributed by atoms with Gasteiger partial charge in [0.25, 0.3) is 5.91 Å². The molecule has 0 spiro atoms. The van der Waals surface area contributed by atoms with Crippen LogP contribution in [-0.4, -0.2) is 26.5 Å². The van der Waals surface area contributed by atoms with Gasteiger partial charge in [0, 0.05) is 22.5 Å². The number of rotatable bonds is 3. The van der Waals surface area contributed by atoms with E-state index in [0.29, 0.717) is 22.1 Å². The highest BCUT2D eigenvalue weighted by atomic mass is 35.5. The number of carbonyl (C=O) groups excluding carboxylic acids is 2. The molecule has 0 radical (unpaired) electrons. The summed E-state index contributed by atoms with van der Waals surface area (Å²) in [7, 11) is 0. The Morgan fingerprint density at radius 2 is 1.92 bits per heavy atom. The molecule has 3 heterocycles. The molecule has 3 N–H and O–H groups in total. The van der Waals surface area contributed by atoms with Gasteiger partial charge in [0.15, 0.2) is 5.65 Å². The highest BCUT2D eigenvalue weighted by Crippen LogP contribution is 2.20. The largest absolute Gasteiger partial charge is 0.340 e. The summed E-state index contributed by atoms with van der Waals surface area (Å²) in [5.41, 5.74) is 2.13. The molecule has 3 amide bonds. The zero-order chi connectivity index (χ0) is 17.4. The first-order chi connectivity index (χ1) is 12.1. The number of anilines is 2. The molecular formula is C16H11ClN6O2. The molecule has 124 valence electrons. The van der Waals surface area contributed by atoms with Gasteiger partial charge >= 0.3 is 6.03 Å². The van der Waals surface area contributed by atoms with Gasteiger partial charge in [-0.1, -0.05) is 11.6 Å². The molecule has 0 bridgehead atoms. The van der Waals surface area contributed by atoms with Crippen LogP contribution in [0.5, 0.6) is 0 Å². The fraction of sp³-hybridized carbons (Fsp3) is 0. The summed E-state index contributed by atoms with van der Waals surface area (Å²) in [4.78, 5) is 27.4. The molecule has 1 fully saturated rings. The van der Waals surface area contributed by atoms with E-state index in [1.54, 1.807) is 35.1 Å². The second-order valence-electron chi connectivity index (χ2n) is 5.28. The van der Waals surface area contributed by atoms with Crippen molar-refractivity contribution in [3.05, 3.63) is 59.0 Å². The lowest BCUT2D eigenvalue weighted by Gasteiger charge is -2.06. The number of carbonyl (C=O) groups is 2. The molecule has 1 aromatic carbocycles. The Morgan fingerprint density at radius 1 is 1.12 bits per heavy atom. The quantitative estimate of drug-likeness (QED) is 0.495. The summed E-state index contributed by atoms with van der Waals surface area (Å²) < 4.78 is 1.58. The summed E-state index contributed by atoms with van der Waals surface area (Å²) in [6, 6.07) is 8.45. The maximum atomic E-state index is 11.6. The predicted molar refractivity (Wildman–Crippen MR) is 92.4 cm³/mol. The van der Waals surface area contributed by atoms with Crippen LogP contribution >= 0.6 is 11.6 Å². The molecule has 4 rings (SSSR count). The number of nitrogens with one attached hydrogen (secondary N) is 3. The number of benzene rings is 1. The van der Waals surface area contributed by atoms with Crippen LogP contribution in [0.2, 0.25) is 5.02 Å². The van der Waals surface area contributed by atoms with Crippen LogP contribution < -0.4 is 16.0 Å². The molecule has 0 saturated carbocycles. The summed E-state index contributed by atoms with van der Waals surface area (Å²) in [5, 5.41) is 12.6. The van der Waals surface area contributed by atoms with E-state index in [2.05, 4.69) is 26.0 Å². The average Bonchev–Trinajstić information content (AvgIpc) is 3.13. The van der Waals surface area contributed by atoms with Crippen molar-refractivity contribution in [1.29, 1.82) is 0 Å². The summed E-state index contributed by atoms with van der Waals surface area (Å²) in [6.45, 7) is 0. The maximum absolute atomic E-state index is 11.6. The molecule has 8 nitrogen and oxygen atoms in total. The third kappa shape index (κ3) is 3.02. The molecule has 0 unspecified atom stereocenters. The van der Waals surface area contributed by atoms with Crippen LogP contribution in [0.3, 0.4) is 0 Å². The third-order valence-electron chi connectivity index (χ3n) is 3.53.